The average molecular weight is 335 g/mol. The van der Waals surface area contributed by atoms with Crippen molar-refractivity contribution in [3.8, 4) is 5.75 Å². The third kappa shape index (κ3) is 3.50. The molecular formula is C20H21N3O2. The highest BCUT2D eigenvalue weighted by atomic mass is 16.5. The number of hydrogen-bond donors (Lipinski definition) is 0. The van der Waals surface area contributed by atoms with Crippen LogP contribution in [-0.4, -0.2) is 39.9 Å². The van der Waals surface area contributed by atoms with E-state index in [9.17, 15) is 4.79 Å². The number of amides is 1. The van der Waals surface area contributed by atoms with Gasteiger partial charge in [0, 0.05) is 25.5 Å². The van der Waals surface area contributed by atoms with Crippen molar-refractivity contribution in [2.24, 2.45) is 5.92 Å². The van der Waals surface area contributed by atoms with Gasteiger partial charge in [0.15, 0.2) is 0 Å². The van der Waals surface area contributed by atoms with E-state index < -0.39 is 0 Å². The van der Waals surface area contributed by atoms with Crippen LogP contribution in [0.3, 0.4) is 0 Å². The number of likely N-dealkylation sites (tertiary alicyclic amines) is 1. The Labute approximate surface area is 146 Å². The largest absolute Gasteiger partial charge is 0.493 e. The summed E-state index contributed by atoms with van der Waals surface area (Å²) in [6.07, 6.45) is 5.65. The molecule has 128 valence electrons. The van der Waals surface area contributed by atoms with Gasteiger partial charge in [0.1, 0.15) is 17.1 Å². The van der Waals surface area contributed by atoms with Crippen LogP contribution in [0.2, 0.25) is 0 Å². The lowest BCUT2D eigenvalue weighted by molar-refractivity contribution is 0.0656. The molecule has 0 N–H and O–H groups in total. The summed E-state index contributed by atoms with van der Waals surface area (Å²) in [6, 6.07) is 15.7. The summed E-state index contributed by atoms with van der Waals surface area (Å²) in [5.74, 6) is 1.42. The molecule has 0 bridgehead atoms. The van der Waals surface area contributed by atoms with Crippen LogP contribution in [0, 0.1) is 5.92 Å². The molecule has 0 radical (unpaired) electrons. The van der Waals surface area contributed by atoms with Gasteiger partial charge in [-0.2, -0.15) is 0 Å². The van der Waals surface area contributed by atoms with Crippen LogP contribution in [-0.2, 0) is 0 Å². The van der Waals surface area contributed by atoms with Gasteiger partial charge in [-0.3, -0.25) is 4.79 Å². The number of aromatic nitrogens is 2. The van der Waals surface area contributed by atoms with Crippen molar-refractivity contribution in [2.75, 3.05) is 19.7 Å². The molecule has 2 aromatic heterocycles. The number of fused-ring (bicyclic) bond motifs is 1. The second kappa shape index (κ2) is 6.97. The van der Waals surface area contributed by atoms with Crippen LogP contribution in [0.1, 0.15) is 23.3 Å². The average Bonchev–Trinajstić information content (AvgIpc) is 3.11. The van der Waals surface area contributed by atoms with Gasteiger partial charge >= 0.3 is 0 Å². The fourth-order valence-corrected chi connectivity index (χ4v) is 3.23. The maximum absolute atomic E-state index is 12.7. The van der Waals surface area contributed by atoms with Crippen LogP contribution in [0.15, 0.2) is 60.9 Å². The molecule has 0 atom stereocenters. The molecule has 1 aromatic carbocycles. The molecule has 1 aliphatic heterocycles. The maximum atomic E-state index is 12.7. The second-order valence-electron chi connectivity index (χ2n) is 6.45. The third-order valence-electron chi connectivity index (χ3n) is 4.71. The van der Waals surface area contributed by atoms with Crippen LogP contribution in [0.5, 0.6) is 5.75 Å². The molecule has 3 heterocycles. The van der Waals surface area contributed by atoms with E-state index >= 15 is 0 Å². The molecule has 5 nitrogen and oxygen atoms in total. The van der Waals surface area contributed by atoms with Gasteiger partial charge in [-0.25, -0.2) is 4.98 Å². The van der Waals surface area contributed by atoms with E-state index in [1.165, 1.54) is 0 Å². The van der Waals surface area contributed by atoms with E-state index in [1.807, 2.05) is 70.2 Å². The van der Waals surface area contributed by atoms with Gasteiger partial charge in [-0.15, -0.1) is 0 Å². The van der Waals surface area contributed by atoms with Crippen LogP contribution in [0.25, 0.3) is 5.65 Å². The monoisotopic (exact) mass is 335 g/mol. The first kappa shape index (κ1) is 15.7. The number of benzene rings is 1. The molecule has 1 saturated heterocycles. The summed E-state index contributed by atoms with van der Waals surface area (Å²) in [7, 11) is 0. The van der Waals surface area contributed by atoms with E-state index in [0.29, 0.717) is 18.2 Å². The number of carbonyl (C=O) groups is 1. The van der Waals surface area contributed by atoms with Gasteiger partial charge in [-0.05, 0) is 43.0 Å². The first-order valence-corrected chi connectivity index (χ1v) is 8.70. The minimum absolute atomic E-state index is 0.0196. The number of rotatable bonds is 4. The Kier molecular flexibility index (Phi) is 4.37. The lowest BCUT2D eigenvalue weighted by Gasteiger charge is -2.31. The van der Waals surface area contributed by atoms with Crippen molar-refractivity contribution in [2.45, 2.75) is 12.8 Å². The fraction of sp³-hybridized carbons (Fsp3) is 0.300. The summed E-state index contributed by atoms with van der Waals surface area (Å²) in [6.45, 7) is 2.23. The molecule has 4 rings (SSSR count). The number of pyridine rings is 1. The summed E-state index contributed by atoms with van der Waals surface area (Å²) in [5.41, 5.74) is 1.32. The van der Waals surface area contributed by atoms with Gasteiger partial charge in [0.2, 0.25) is 0 Å². The second-order valence-corrected chi connectivity index (χ2v) is 6.45. The Morgan fingerprint density at radius 2 is 1.84 bits per heavy atom. The number of ether oxygens (including phenoxy) is 1. The fourth-order valence-electron chi connectivity index (χ4n) is 3.23. The Hall–Kier alpha value is -2.82. The number of imidazole rings is 1. The molecule has 25 heavy (non-hydrogen) atoms. The van der Waals surface area contributed by atoms with Crippen molar-refractivity contribution >= 4 is 11.6 Å². The van der Waals surface area contributed by atoms with Gasteiger partial charge in [0.25, 0.3) is 5.91 Å². The number of piperidine rings is 1. The lowest BCUT2D eigenvalue weighted by atomic mass is 9.97. The highest BCUT2D eigenvalue weighted by molar-refractivity contribution is 5.93. The standard InChI is InChI=1S/C20H21N3O2/c24-20(18-14-23-11-5-4-8-19(23)21-18)22-12-9-16(10-13-22)15-25-17-6-2-1-3-7-17/h1-8,11,14,16H,9-10,12-13,15H2. The van der Waals surface area contributed by atoms with Crippen LogP contribution < -0.4 is 4.74 Å². The number of hydrogen-bond acceptors (Lipinski definition) is 3. The zero-order chi connectivity index (χ0) is 17.1. The molecule has 0 saturated carbocycles. The molecule has 1 aliphatic rings. The first-order valence-electron chi connectivity index (χ1n) is 8.70. The number of nitrogens with zero attached hydrogens (tertiary/aromatic N) is 3. The summed E-state index contributed by atoms with van der Waals surface area (Å²) >= 11 is 0. The molecule has 0 spiro atoms. The molecular weight excluding hydrogens is 314 g/mol. The Morgan fingerprint density at radius 3 is 2.60 bits per heavy atom. The minimum atomic E-state index is 0.0196. The topological polar surface area (TPSA) is 46.8 Å². The van der Waals surface area contributed by atoms with Crippen LogP contribution in [0.4, 0.5) is 0 Å². The van der Waals surface area contributed by atoms with Crippen LogP contribution >= 0.6 is 0 Å². The van der Waals surface area contributed by atoms with Crippen molar-refractivity contribution < 1.29 is 9.53 Å². The number of carbonyl (C=O) groups excluding carboxylic acids is 1. The van der Waals surface area contributed by atoms with E-state index in [1.54, 1.807) is 0 Å². The molecule has 1 fully saturated rings. The lowest BCUT2D eigenvalue weighted by Crippen LogP contribution is -2.39. The number of para-hydroxylation sites is 1. The maximum Gasteiger partial charge on any atom is 0.274 e. The SMILES string of the molecule is O=C(c1cn2ccccc2n1)N1CCC(COc2ccccc2)CC1. The van der Waals surface area contributed by atoms with Crippen molar-refractivity contribution in [3.05, 3.63) is 66.6 Å². The van der Waals surface area contributed by atoms with E-state index in [0.717, 1.165) is 37.3 Å². The van der Waals surface area contributed by atoms with E-state index in [2.05, 4.69) is 4.98 Å². The molecule has 3 aromatic rings. The molecule has 1 amide bonds. The van der Waals surface area contributed by atoms with Gasteiger partial charge in [0.05, 0.1) is 6.61 Å². The zero-order valence-electron chi connectivity index (χ0n) is 14.0. The Bertz CT molecular complexity index is 819. The zero-order valence-corrected chi connectivity index (χ0v) is 14.0. The molecule has 5 heteroatoms. The van der Waals surface area contributed by atoms with Crippen molar-refractivity contribution in [1.82, 2.24) is 14.3 Å². The summed E-state index contributed by atoms with van der Waals surface area (Å²) in [4.78, 5) is 19.0. The highest BCUT2D eigenvalue weighted by Gasteiger charge is 2.25. The predicted octanol–water partition coefficient (Wildman–Crippen LogP) is 3.27. The first-order chi connectivity index (χ1) is 12.3. The van der Waals surface area contributed by atoms with E-state index in [4.69, 9.17) is 4.74 Å². The smallest absolute Gasteiger partial charge is 0.274 e. The van der Waals surface area contributed by atoms with Crippen molar-refractivity contribution in [3.63, 3.8) is 0 Å². The molecule has 0 aliphatic carbocycles. The molecule has 0 unspecified atom stereocenters. The van der Waals surface area contributed by atoms with E-state index in [-0.39, 0.29) is 5.91 Å². The quantitative estimate of drug-likeness (QED) is 0.735. The van der Waals surface area contributed by atoms with Gasteiger partial charge in [-0.1, -0.05) is 24.3 Å². The normalized spacial score (nSPS) is 15.4. The Morgan fingerprint density at radius 1 is 1.08 bits per heavy atom. The van der Waals surface area contributed by atoms with Gasteiger partial charge < -0.3 is 14.0 Å². The summed E-state index contributed by atoms with van der Waals surface area (Å²) < 4.78 is 7.73. The third-order valence-corrected chi connectivity index (χ3v) is 4.71. The van der Waals surface area contributed by atoms with Crippen molar-refractivity contribution in [1.29, 1.82) is 0 Å². The Balaban J connectivity index is 1.32. The highest BCUT2D eigenvalue weighted by Crippen LogP contribution is 2.21. The minimum Gasteiger partial charge on any atom is -0.493 e. The predicted molar refractivity (Wildman–Crippen MR) is 95.8 cm³/mol. The summed E-state index contributed by atoms with van der Waals surface area (Å²) in [5, 5.41) is 0.